The summed E-state index contributed by atoms with van der Waals surface area (Å²) in [6, 6.07) is 0.359. The summed E-state index contributed by atoms with van der Waals surface area (Å²) in [4.78, 5) is 16.0. The van der Waals surface area contributed by atoms with Crippen LogP contribution in [-0.4, -0.2) is 59.6 Å². The van der Waals surface area contributed by atoms with Gasteiger partial charge in [0, 0.05) is 32.3 Å². The van der Waals surface area contributed by atoms with Crippen molar-refractivity contribution in [3.05, 3.63) is 0 Å². The highest BCUT2D eigenvalue weighted by atomic mass is 16.3. The molecule has 1 fully saturated rings. The zero-order valence-electron chi connectivity index (χ0n) is 10.5. The molecular weight excluding hydrogens is 204 g/mol. The van der Waals surface area contributed by atoms with Gasteiger partial charge in [-0.3, -0.25) is 9.69 Å². The minimum absolute atomic E-state index is 0.196. The van der Waals surface area contributed by atoms with E-state index in [-0.39, 0.29) is 12.5 Å². The van der Waals surface area contributed by atoms with Crippen LogP contribution in [0, 0.1) is 0 Å². The third kappa shape index (κ3) is 4.10. The van der Waals surface area contributed by atoms with Gasteiger partial charge < -0.3 is 10.0 Å². The second kappa shape index (κ2) is 6.86. The Morgan fingerprint density at radius 2 is 2.00 bits per heavy atom. The Kier molecular flexibility index (Phi) is 5.77. The lowest BCUT2D eigenvalue weighted by Crippen LogP contribution is -2.42. The number of hydrogen-bond acceptors (Lipinski definition) is 3. The molecule has 0 aromatic rings. The number of carbonyl (C=O) groups is 1. The molecule has 0 unspecified atom stereocenters. The third-order valence-corrected chi connectivity index (χ3v) is 3.13. The summed E-state index contributed by atoms with van der Waals surface area (Å²) < 4.78 is 0. The standard InChI is InChI=1S/C12H24N2O2/c1-11(2)14(8-5-9-15)10-12(16)13-6-3-4-7-13/h11,15H,3-10H2,1-2H3. The van der Waals surface area contributed by atoms with Crippen molar-refractivity contribution in [3.8, 4) is 0 Å². The Morgan fingerprint density at radius 3 is 2.50 bits per heavy atom. The molecule has 1 amide bonds. The Labute approximate surface area is 98.2 Å². The normalized spacial score (nSPS) is 16.4. The predicted octanol–water partition coefficient (Wildman–Crippen LogP) is 0.702. The van der Waals surface area contributed by atoms with Crippen molar-refractivity contribution < 1.29 is 9.90 Å². The molecule has 0 atom stereocenters. The van der Waals surface area contributed by atoms with Gasteiger partial charge in [0.25, 0.3) is 0 Å². The lowest BCUT2D eigenvalue weighted by Gasteiger charge is -2.27. The van der Waals surface area contributed by atoms with E-state index in [9.17, 15) is 4.79 Å². The van der Waals surface area contributed by atoms with Crippen LogP contribution in [0.25, 0.3) is 0 Å². The summed E-state index contributed by atoms with van der Waals surface area (Å²) in [7, 11) is 0. The molecule has 1 heterocycles. The minimum Gasteiger partial charge on any atom is -0.396 e. The quantitative estimate of drug-likeness (QED) is 0.728. The van der Waals surface area contributed by atoms with E-state index in [0.29, 0.717) is 12.6 Å². The van der Waals surface area contributed by atoms with Crippen LogP contribution in [0.5, 0.6) is 0 Å². The average Bonchev–Trinajstić information content (AvgIpc) is 2.76. The molecule has 4 heteroatoms. The summed E-state index contributed by atoms with van der Waals surface area (Å²) in [5.41, 5.74) is 0. The fraction of sp³-hybridized carbons (Fsp3) is 0.917. The Morgan fingerprint density at radius 1 is 1.38 bits per heavy atom. The number of aliphatic hydroxyl groups is 1. The molecule has 0 bridgehead atoms. The molecule has 4 nitrogen and oxygen atoms in total. The monoisotopic (exact) mass is 228 g/mol. The molecule has 1 aliphatic rings. The zero-order valence-corrected chi connectivity index (χ0v) is 10.5. The van der Waals surface area contributed by atoms with Gasteiger partial charge in [0.05, 0.1) is 6.54 Å². The van der Waals surface area contributed by atoms with Gasteiger partial charge in [-0.1, -0.05) is 0 Å². The van der Waals surface area contributed by atoms with E-state index < -0.39 is 0 Å². The highest BCUT2D eigenvalue weighted by Gasteiger charge is 2.21. The van der Waals surface area contributed by atoms with Gasteiger partial charge in [-0.15, -0.1) is 0 Å². The topological polar surface area (TPSA) is 43.8 Å². The molecule has 1 saturated heterocycles. The number of amides is 1. The van der Waals surface area contributed by atoms with Crippen molar-refractivity contribution in [2.75, 3.05) is 32.8 Å². The first-order valence-electron chi connectivity index (χ1n) is 6.28. The van der Waals surface area contributed by atoms with Crippen LogP contribution in [0.4, 0.5) is 0 Å². The summed E-state index contributed by atoms with van der Waals surface area (Å²) in [5.74, 6) is 0.240. The van der Waals surface area contributed by atoms with Gasteiger partial charge in [0.2, 0.25) is 5.91 Å². The lowest BCUT2D eigenvalue weighted by molar-refractivity contribution is -0.131. The van der Waals surface area contributed by atoms with Crippen molar-refractivity contribution in [1.29, 1.82) is 0 Å². The maximum atomic E-state index is 11.9. The second-order valence-electron chi connectivity index (χ2n) is 4.73. The van der Waals surface area contributed by atoms with Gasteiger partial charge in [0.1, 0.15) is 0 Å². The number of aliphatic hydroxyl groups excluding tert-OH is 1. The largest absolute Gasteiger partial charge is 0.396 e. The first-order chi connectivity index (χ1) is 7.65. The molecule has 16 heavy (non-hydrogen) atoms. The molecule has 0 radical (unpaired) electrons. The average molecular weight is 228 g/mol. The van der Waals surface area contributed by atoms with Gasteiger partial charge in [-0.05, 0) is 33.1 Å². The van der Waals surface area contributed by atoms with Crippen molar-refractivity contribution >= 4 is 5.91 Å². The Balaban J connectivity index is 2.37. The maximum Gasteiger partial charge on any atom is 0.236 e. The highest BCUT2D eigenvalue weighted by Crippen LogP contribution is 2.09. The van der Waals surface area contributed by atoms with Crippen molar-refractivity contribution in [2.24, 2.45) is 0 Å². The number of nitrogens with zero attached hydrogens (tertiary/aromatic N) is 2. The fourth-order valence-corrected chi connectivity index (χ4v) is 2.03. The molecule has 0 saturated carbocycles. The molecule has 1 rings (SSSR count). The summed E-state index contributed by atoms with van der Waals surface area (Å²) in [6.45, 7) is 7.52. The number of carbonyl (C=O) groups excluding carboxylic acids is 1. The molecular formula is C12H24N2O2. The SMILES string of the molecule is CC(C)N(CCCO)CC(=O)N1CCCC1. The van der Waals surface area contributed by atoms with Crippen molar-refractivity contribution in [3.63, 3.8) is 0 Å². The van der Waals surface area contributed by atoms with Gasteiger partial charge in [-0.25, -0.2) is 0 Å². The van der Waals surface area contributed by atoms with E-state index in [1.807, 2.05) is 4.90 Å². The molecule has 94 valence electrons. The molecule has 0 aromatic carbocycles. The first kappa shape index (κ1) is 13.5. The summed E-state index contributed by atoms with van der Waals surface area (Å²) >= 11 is 0. The van der Waals surface area contributed by atoms with Crippen molar-refractivity contribution in [1.82, 2.24) is 9.80 Å². The molecule has 0 aromatic heterocycles. The lowest BCUT2D eigenvalue weighted by atomic mass is 10.2. The van der Waals surface area contributed by atoms with Crippen LogP contribution in [0.3, 0.4) is 0 Å². The van der Waals surface area contributed by atoms with Gasteiger partial charge >= 0.3 is 0 Å². The van der Waals surface area contributed by atoms with Crippen LogP contribution in [0.2, 0.25) is 0 Å². The molecule has 1 N–H and O–H groups in total. The van der Waals surface area contributed by atoms with Crippen LogP contribution >= 0.6 is 0 Å². The van der Waals surface area contributed by atoms with Crippen molar-refractivity contribution in [2.45, 2.75) is 39.2 Å². The zero-order chi connectivity index (χ0) is 12.0. The van der Waals surface area contributed by atoms with Gasteiger partial charge in [-0.2, -0.15) is 0 Å². The predicted molar refractivity (Wildman–Crippen MR) is 64.2 cm³/mol. The minimum atomic E-state index is 0.196. The fourth-order valence-electron chi connectivity index (χ4n) is 2.03. The van der Waals surface area contributed by atoms with E-state index in [0.717, 1.165) is 38.9 Å². The first-order valence-corrected chi connectivity index (χ1v) is 6.28. The van der Waals surface area contributed by atoms with Crippen LogP contribution < -0.4 is 0 Å². The van der Waals surface area contributed by atoms with E-state index in [4.69, 9.17) is 5.11 Å². The summed E-state index contributed by atoms with van der Waals surface area (Å²) in [5, 5.41) is 8.82. The Hall–Kier alpha value is -0.610. The van der Waals surface area contributed by atoms with E-state index in [2.05, 4.69) is 18.7 Å². The molecule has 0 aliphatic carbocycles. The van der Waals surface area contributed by atoms with E-state index in [1.165, 1.54) is 0 Å². The molecule has 0 spiro atoms. The van der Waals surface area contributed by atoms with E-state index in [1.54, 1.807) is 0 Å². The van der Waals surface area contributed by atoms with Gasteiger partial charge in [0.15, 0.2) is 0 Å². The Bertz CT molecular complexity index is 213. The molecule has 1 aliphatic heterocycles. The highest BCUT2D eigenvalue weighted by molar-refractivity contribution is 5.78. The number of hydrogen-bond donors (Lipinski definition) is 1. The smallest absolute Gasteiger partial charge is 0.236 e. The van der Waals surface area contributed by atoms with Crippen LogP contribution in [-0.2, 0) is 4.79 Å². The number of rotatable bonds is 6. The third-order valence-electron chi connectivity index (χ3n) is 3.13. The van der Waals surface area contributed by atoms with Crippen LogP contribution in [0.1, 0.15) is 33.1 Å². The summed E-state index contributed by atoms with van der Waals surface area (Å²) in [6.07, 6.45) is 3.03. The number of likely N-dealkylation sites (tertiary alicyclic amines) is 1. The second-order valence-corrected chi connectivity index (χ2v) is 4.73. The van der Waals surface area contributed by atoms with Crippen LogP contribution in [0.15, 0.2) is 0 Å². The van der Waals surface area contributed by atoms with E-state index >= 15 is 0 Å². The maximum absolute atomic E-state index is 11.9.